The highest BCUT2D eigenvalue weighted by Gasteiger charge is 2.15. The molecule has 116 valence electrons. The second kappa shape index (κ2) is 9.55. The Morgan fingerprint density at radius 1 is 1.25 bits per heavy atom. The maximum absolute atomic E-state index is 11.7. The van der Waals surface area contributed by atoms with E-state index < -0.39 is 6.04 Å². The maximum atomic E-state index is 11.7. The van der Waals surface area contributed by atoms with Crippen LogP contribution < -0.4 is 17.2 Å². The summed E-state index contributed by atoms with van der Waals surface area (Å²) >= 11 is 0. The second-order valence-corrected chi connectivity index (χ2v) is 5.13. The molecule has 6 N–H and O–H groups in total. The molecule has 0 radical (unpaired) electrons. The maximum Gasteiger partial charge on any atom is 0.322 e. The van der Waals surface area contributed by atoms with Gasteiger partial charge in [-0.2, -0.15) is 0 Å². The zero-order valence-electron chi connectivity index (χ0n) is 12.1. The standard InChI is InChI=1S/C13H27N5O2/c14-11(5-4-6-17-13(15)16)12(19)20-10-9-18-7-2-1-3-8-18/h11H,1-10,14H2,(H4,15,16,17)/t11-/m0/s1. The molecule has 1 aliphatic heterocycles. The molecule has 1 fully saturated rings. The fourth-order valence-electron chi connectivity index (χ4n) is 2.20. The summed E-state index contributed by atoms with van der Waals surface area (Å²) in [6, 6.07) is -0.592. The number of likely N-dealkylation sites (tertiary alicyclic amines) is 1. The van der Waals surface area contributed by atoms with Gasteiger partial charge in [0, 0.05) is 13.1 Å². The molecule has 0 aromatic heterocycles. The van der Waals surface area contributed by atoms with Crippen molar-refractivity contribution >= 4 is 11.9 Å². The third-order valence-corrected chi connectivity index (χ3v) is 3.37. The number of rotatable bonds is 8. The molecule has 1 heterocycles. The average molecular weight is 285 g/mol. The number of hydrogen-bond donors (Lipinski definition) is 3. The summed E-state index contributed by atoms with van der Waals surface area (Å²) in [4.78, 5) is 17.8. The predicted molar refractivity (Wildman–Crippen MR) is 79.1 cm³/mol. The first-order valence-electron chi connectivity index (χ1n) is 7.29. The summed E-state index contributed by atoms with van der Waals surface area (Å²) in [5.41, 5.74) is 16.2. The van der Waals surface area contributed by atoms with E-state index in [4.69, 9.17) is 21.9 Å². The second-order valence-electron chi connectivity index (χ2n) is 5.13. The van der Waals surface area contributed by atoms with Crippen molar-refractivity contribution in [3.05, 3.63) is 0 Å². The molecule has 0 unspecified atom stereocenters. The van der Waals surface area contributed by atoms with Crippen molar-refractivity contribution in [1.82, 2.24) is 4.90 Å². The Labute approximate surface area is 120 Å². The van der Waals surface area contributed by atoms with Gasteiger partial charge in [-0.05, 0) is 38.8 Å². The van der Waals surface area contributed by atoms with E-state index in [-0.39, 0.29) is 11.9 Å². The van der Waals surface area contributed by atoms with Crippen molar-refractivity contribution < 1.29 is 9.53 Å². The van der Waals surface area contributed by atoms with E-state index in [2.05, 4.69) is 9.89 Å². The summed E-state index contributed by atoms with van der Waals surface area (Å²) in [6.07, 6.45) is 4.97. The molecule has 0 aromatic carbocycles. The lowest BCUT2D eigenvalue weighted by molar-refractivity contribution is -0.145. The average Bonchev–Trinajstić information content (AvgIpc) is 2.44. The van der Waals surface area contributed by atoms with Crippen molar-refractivity contribution in [2.75, 3.05) is 32.8 Å². The number of carbonyl (C=O) groups excluding carboxylic acids is 1. The zero-order valence-corrected chi connectivity index (χ0v) is 12.1. The lowest BCUT2D eigenvalue weighted by Gasteiger charge is -2.26. The molecule has 0 amide bonds. The summed E-state index contributed by atoms with van der Waals surface area (Å²) in [5, 5.41) is 0. The number of guanidine groups is 1. The Kier molecular flexibility index (Phi) is 7.98. The topological polar surface area (TPSA) is 120 Å². The van der Waals surface area contributed by atoms with Crippen LogP contribution in [0.25, 0.3) is 0 Å². The lowest BCUT2D eigenvalue weighted by atomic mass is 10.1. The van der Waals surface area contributed by atoms with Crippen molar-refractivity contribution in [2.24, 2.45) is 22.2 Å². The van der Waals surface area contributed by atoms with Crippen LogP contribution >= 0.6 is 0 Å². The first-order chi connectivity index (χ1) is 9.59. The number of nitrogens with two attached hydrogens (primary N) is 3. The number of nitrogens with zero attached hydrogens (tertiary/aromatic N) is 2. The van der Waals surface area contributed by atoms with Crippen LogP contribution in [-0.2, 0) is 9.53 Å². The van der Waals surface area contributed by atoms with Crippen LogP contribution in [0.2, 0.25) is 0 Å². The number of ether oxygens (including phenoxy) is 1. The van der Waals surface area contributed by atoms with Crippen LogP contribution in [0.1, 0.15) is 32.1 Å². The quantitative estimate of drug-likeness (QED) is 0.237. The largest absolute Gasteiger partial charge is 0.463 e. The monoisotopic (exact) mass is 285 g/mol. The first-order valence-corrected chi connectivity index (χ1v) is 7.29. The zero-order chi connectivity index (χ0) is 14.8. The molecule has 1 aliphatic rings. The Hall–Kier alpha value is -1.34. The molecule has 1 rings (SSSR count). The summed E-state index contributed by atoms with van der Waals surface area (Å²) < 4.78 is 5.19. The highest BCUT2D eigenvalue weighted by atomic mass is 16.5. The molecular formula is C13H27N5O2. The van der Waals surface area contributed by atoms with Crippen molar-refractivity contribution in [2.45, 2.75) is 38.1 Å². The van der Waals surface area contributed by atoms with Crippen molar-refractivity contribution in [1.29, 1.82) is 0 Å². The molecule has 7 nitrogen and oxygen atoms in total. The van der Waals surface area contributed by atoms with Gasteiger partial charge in [0.25, 0.3) is 0 Å². The minimum absolute atomic E-state index is 0.0580. The lowest BCUT2D eigenvalue weighted by Crippen LogP contribution is -2.36. The van der Waals surface area contributed by atoms with Gasteiger partial charge in [-0.15, -0.1) is 0 Å². The van der Waals surface area contributed by atoms with Crippen LogP contribution in [0, 0.1) is 0 Å². The van der Waals surface area contributed by atoms with Crippen molar-refractivity contribution in [3.63, 3.8) is 0 Å². The number of aliphatic imine (C=N–C) groups is 1. The fraction of sp³-hybridized carbons (Fsp3) is 0.846. The molecular weight excluding hydrogens is 258 g/mol. The van der Waals surface area contributed by atoms with E-state index in [1.165, 1.54) is 19.3 Å². The van der Waals surface area contributed by atoms with Gasteiger partial charge < -0.3 is 21.9 Å². The number of carbonyl (C=O) groups is 1. The predicted octanol–water partition coefficient (Wildman–Crippen LogP) is -0.604. The molecule has 0 bridgehead atoms. The minimum Gasteiger partial charge on any atom is -0.463 e. The van der Waals surface area contributed by atoms with Gasteiger partial charge in [0.15, 0.2) is 5.96 Å². The molecule has 0 spiro atoms. The fourth-order valence-corrected chi connectivity index (χ4v) is 2.20. The number of esters is 1. The van der Waals surface area contributed by atoms with E-state index >= 15 is 0 Å². The molecule has 7 heteroatoms. The third-order valence-electron chi connectivity index (χ3n) is 3.37. The Balaban J connectivity index is 2.06. The summed E-state index contributed by atoms with van der Waals surface area (Å²) in [6.45, 7) is 3.90. The van der Waals surface area contributed by atoms with Gasteiger partial charge >= 0.3 is 5.97 Å². The summed E-state index contributed by atoms with van der Waals surface area (Å²) in [5.74, 6) is -0.283. The van der Waals surface area contributed by atoms with Crippen LogP contribution in [0.15, 0.2) is 4.99 Å². The van der Waals surface area contributed by atoms with Gasteiger partial charge in [-0.3, -0.25) is 14.7 Å². The molecule has 0 aromatic rings. The van der Waals surface area contributed by atoms with Gasteiger partial charge in [-0.25, -0.2) is 0 Å². The SMILES string of the molecule is NC(N)=NCCC[C@H](N)C(=O)OCCN1CCCCC1. The first kappa shape index (κ1) is 16.7. The summed E-state index contributed by atoms with van der Waals surface area (Å²) in [7, 11) is 0. The van der Waals surface area contributed by atoms with Crippen LogP contribution in [0.3, 0.4) is 0 Å². The van der Waals surface area contributed by atoms with Crippen LogP contribution in [0.4, 0.5) is 0 Å². The van der Waals surface area contributed by atoms with Gasteiger partial charge in [0.1, 0.15) is 12.6 Å². The van der Waals surface area contributed by atoms with Crippen molar-refractivity contribution in [3.8, 4) is 0 Å². The van der Waals surface area contributed by atoms with Gasteiger partial charge in [-0.1, -0.05) is 6.42 Å². The number of piperidine rings is 1. The van der Waals surface area contributed by atoms with E-state index in [9.17, 15) is 4.79 Å². The normalized spacial score (nSPS) is 17.4. The Morgan fingerprint density at radius 3 is 2.60 bits per heavy atom. The minimum atomic E-state index is -0.592. The van der Waals surface area contributed by atoms with Gasteiger partial charge in [0.05, 0.1) is 0 Å². The smallest absolute Gasteiger partial charge is 0.322 e. The molecule has 1 saturated heterocycles. The molecule has 1 atom stereocenters. The van der Waals surface area contributed by atoms with E-state index in [0.717, 1.165) is 19.6 Å². The molecule has 0 aliphatic carbocycles. The van der Waals surface area contributed by atoms with Gasteiger partial charge in [0.2, 0.25) is 0 Å². The third kappa shape index (κ3) is 7.30. The van der Waals surface area contributed by atoms with E-state index in [1.54, 1.807) is 0 Å². The van der Waals surface area contributed by atoms with Crippen LogP contribution in [-0.4, -0.2) is 55.7 Å². The Bertz CT molecular complexity index is 312. The molecule has 0 saturated carbocycles. The highest BCUT2D eigenvalue weighted by molar-refractivity contribution is 5.76. The molecule has 20 heavy (non-hydrogen) atoms. The number of hydrogen-bond acceptors (Lipinski definition) is 5. The Morgan fingerprint density at radius 2 is 1.95 bits per heavy atom. The van der Waals surface area contributed by atoms with E-state index in [0.29, 0.717) is 26.0 Å². The van der Waals surface area contributed by atoms with Crippen LogP contribution in [0.5, 0.6) is 0 Å². The van der Waals surface area contributed by atoms with E-state index in [1.807, 2.05) is 0 Å². The highest BCUT2D eigenvalue weighted by Crippen LogP contribution is 2.07.